The average molecular weight is 793 g/mol. The molecule has 0 rings (SSSR count). The van der Waals surface area contributed by atoms with E-state index in [1.54, 1.807) is 0 Å². The second-order valence-corrected chi connectivity index (χ2v) is 17.1. The van der Waals surface area contributed by atoms with Gasteiger partial charge in [-0.25, -0.2) is 0 Å². The molecule has 0 saturated heterocycles. The third-order valence-corrected chi connectivity index (χ3v) is 11.4. The molecule has 0 radical (unpaired) electrons. The lowest BCUT2D eigenvalue weighted by molar-refractivity contribution is -0.167. The van der Waals surface area contributed by atoms with Gasteiger partial charge >= 0.3 is 17.9 Å². The molecule has 0 aromatic rings. The smallest absolute Gasteiger partial charge is 0.306 e. The molecule has 0 fully saturated rings. The summed E-state index contributed by atoms with van der Waals surface area (Å²) >= 11 is 0. The van der Waals surface area contributed by atoms with Crippen LogP contribution in [0.1, 0.15) is 284 Å². The van der Waals surface area contributed by atoms with E-state index < -0.39 is 6.10 Å². The molecule has 0 aromatic heterocycles. The Morgan fingerprint density at radius 3 is 0.714 bits per heavy atom. The maximum absolute atomic E-state index is 12.7. The zero-order valence-corrected chi connectivity index (χ0v) is 37.9. The Hall–Kier alpha value is -1.59. The van der Waals surface area contributed by atoms with Crippen molar-refractivity contribution in [2.24, 2.45) is 0 Å². The van der Waals surface area contributed by atoms with Crippen LogP contribution in [-0.4, -0.2) is 37.2 Å². The van der Waals surface area contributed by atoms with Crippen LogP contribution in [0.15, 0.2) is 0 Å². The highest BCUT2D eigenvalue weighted by Gasteiger charge is 2.19. The SMILES string of the molecule is CCCCCCCCCCCCCCCCCCCCCC(=O)O[C@H](COC(=O)CCCCCCCCCCC)COC(=O)CCCCCCCCCCCC. The van der Waals surface area contributed by atoms with Gasteiger partial charge < -0.3 is 14.2 Å². The first-order chi connectivity index (χ1) is 27.5. The first kappa shape index (κ1) is 54.4. The van der Waals surface area contributed by atoms with Gasteiger partial charge in [-0.2, -0.15) is 0 Å². The number of rotatable bonds is 46. The highest BCUT2D eigenvalue weighted by Crippen LogP contribution is 2.16. The van der Waals surface area contributed by atoms with E-state index >= 15 is 0 Å². The van der Waals surface area contributed by atoms with Crippen LogP contribution in [0.25, 0.3) is 0 Å². The van der Waals surface area contributed by atoms with Crippen molar-refractivity contribution in [1.82, 2.24) is 0 Å². The molecular formula is C50H96O6. The summed E-state index contributed by atoms with van der Waals surface area (Å²) in [5, 5.41) is 0. The Balaban J connectivity index is 4.21. The zero-order chi connectivity index (χ0) is 40.8. The molecule has 0 aliphatic rings. The maximum atomic E-state index is 12.7. The molecule has 1 atom stereocenters. The lowest BCUT2D eigenvalue weighted by atomic mass is 10.0. The van der Waals surface area contributed by atoms with Crippen LogP contribution < -0.4 is 0 Å². The summed E-state index contributed by atoms with van der Waals surface area (Å²) < 4.78 is 16.7. The maximum Gasteiger partial charge on any atom is 0.306 e. The van der Waals surface area contributed by atoms with E-state index in [-0.39, 0.29) is 31.1 Å². The largest absolute Gasteiger partial charge is 0.462 e. The van der Waals surface area contributed by atoms with Gasteiger partial charge in [0.25, 0.3) is 0 Å². The lowest BCUT2D eigenvalue weighted by Crippen LogP contribution is -2.30. The Labute approximate surface area is 348 Å². The number of esters is 3. The molecule has 0 amide bonds. The van der Waals surface area contributed by atoms with Gasteiger partial charge in [0.2, 0.25) is 0 Å². The van der Waals surface area contributed by atoms with Gasteiger partial charge in [0.1, 0.15) is 13.2 Å². The van der Waals surface area contributed by atoms with E-state index in [1.165, 1.54) is 186 Å². The first-order valence-corrected chi connectivity index (χ1v) is 25.0. The topological polar surface area (TPSA) is 78.9 Å². The molecular weight excluding hydrogens is 697 g/mol. The van der Waals surface area contributed by atoms with Crippen molar-refractivity contribution in [3.05, 3.63) is 0 Å². The van der Waals surface area contributed by atoms with Crippen molar-refractivity contribution in [1.29, 1.82) is 0 Å². The molecule has 6 nitrogen and oxygen atoms in total. The highest BCUT2D eigenvalue weighted by molar-refractivity contribution is 5.71. The van der Waals surface area contributed by atoms with Crippen LogP contribution in [0.5, 0.6) is 0 Å². The number of unbranched alkanes of at least 4 members (excludes halogenated alkanes) is 35. The van der Waals surface area contributed by atoms with E-state index in [0.717, 1.165) is 57.8 Å². The minimum absolute atomic E-state index is 0.0627. The molecule has 0 saturated carbocycles. The van der Waals surface area contributed by atoms with E-state index in [2.05, 4.69) is 20.8 Å². The molecule has 0 aromatic carbocycles. The summed E-state index contributed by atoms with van der Waals surface area (Å²) in [5.74, 6) is -0.849. The normalized spacial score (nSPS) is 11.8. The second kappa shape index (κ2) is 46.1. The fourth-order valence-corrected chi connectivity index (χ4v) is 7.56. The third kappa shape index (κ3) is 43.5. The molecule has 0 spiro atoms. The Bertz CT molecular complexity index is 828. The first-order valence-electron chi connectivity index (χ1n) is 25.0. The van der Waals surface area contributed by atoms with Crippen molar-refractivity contribution in [2.75, 3.05) is 13.2 Å². The standard InChI is InChI=1S/C50H96O6/c1-4-7-10-13-16-19-21-22-23-24-25-26-27-28-29-32-35-38-41-44-50(53)56-47(45-54-48(51)42-39-36-33-30-18-15-12-9-6-3)46-55-49(52)43-40-37-34-31-20-17-14-11-8-5-2/h47H,4-46H2,1-3H3/t47-/m1/s1. The highest BCUT2D eigenvalue weighted by atomic mass is 16.6. The van der Waals surface area contributed by atoms with Gasteiger partial charge in [0, 0.05) is 19.3 Å². The summed E-state index contributed by atoms with van der Waals surface area (Å²) in [6.07, 6.45) is 48.1. The van der Waals surface area contributed by atoms with E-state index in [4.69, 9.17) is 14.2 Å². The van der Waals surface area contributed by atoms with Crippen LogP contribution in [0, 0.1) is 0 Å². The minimum atomic E-state index is -0.758. The van der Waals surface area contributed by atoms with Gasteiger partial charge in [0.15, 0.2) is 6.10 Å². The summed E-state index contributed by atoms with van der Waals surface area (Å²) in [4.78, 5) is 37.7. The summed E-state index contributed by atoms with van der Waals surface area (Å²) in [6, 6.07) is 0. The Morgan fingerprint density at radius 2 is 0.482 bits per heavy atom. The summed E-state index contributed by atoms with van der Waals surface area (Å²) in [6.45, 7) is 6.64. The van der Waals surface area contributed by atoms with E-state index in [9.17, 15) is 14.4 Å². The molecule has 332 valence electrons. The van der Waals surface area contributed by atoms with Crippen molar-refractivity contribution in [2.45, 2.75) is 290 Å². The summed E-state index contributed by atoms with van der Waals surface area (Å²) in [5.41, 5.74) is 0. The monoisotopic (exact) mass is 793 g/mol. The van der Waals surface area contributed by atoms with Gasteiger partial charge in [0.05, 0.1) is 0 Å². The number of hydrogen-bond acceptors (Lipinski definition) is 6. The van der Waals surface area contributed by atoms with Crippen LogP contribution in [0.3, 0.4) is 0 Å². The van der Waals surface area contributed by atoms with Crippen LogP contribution in [0.2, 0.25) is 0 Å². The number of carbonyl (C=O) groups is 3. The Morgan fingerprint density at radius 1 is 0.286 bits per heavy atom. The van der Waals surface area contributed by atoms with Crippen molar-refractivity contribution in [3.8, 4) is 0 Å². The minimum Gasteiger partial charge on any atom is -0.462 e. The summed E-state index contributed by atoms with van der Waals surface area (Å²) in [7, 11) is 0. The molecule has 6 heteroatoms. The molecule has 0 unspecified atom stereocenters. The quantitative estimate of drug-likeness (QED) is 0.0347. The van der Waals surface area contributed by atoms with Gasteiger partial charge in [-0.15, -0.1) is 0 Å². The van der Waals surface area contributed by atoms with Gasteiger partial charge in [-0.05, 0) is 19.3 Å². The average Bonchev–Trinajstić information content (AvgIpc) is 3.19. The predicted octanol–water partition coefficient (Wildman–Crippen LogP) is 16.0. The van der Waals surface area contributed by atoms with Crippen molar-refractivity contribution in [3.63, 3.8) is 0 Å². The molecule has 0 aliphatic carbocycles. The number of hydrogen-bond donors (Lipinski definition) is 0. The third-order valence-electron chi connectivity index (χ3n) is 11.4. The molecule has 56 heavy (non-hydrogen) atoms. The number of ether oxygens (including phenoxy) is 3. The van der Waals surface area contributed by atoms with Crippen molar-refractivity contribution >= 4 is 17.9 Å². The lowest BCUT2D eigenvalue weighted by Gasteiger charge is -2.18. The molecule has 0 bridgehead atoms. The van der Waals surface area contributed by atoms with E-state index in [1.807, 2.05) is 0 Å². The van der Waals surface area contributed by atoms with Crippen LogP contribution in [0.4, 0.5) is 0 Å². The van der Waals surface area contributed by atoms with Gasteiger partial charge in [-0.1, -0.05) is 245 Å². The van der Waals surface area contributed by atoms with Crippen molar-refractivity contribution < 1.29 is 28.6 Å². The second-order valence-electron chi connectivity index (χ2n) is 17.1. The van der Waals surface area contributed by atoms with Gasteiger partial charge in [-0.3, -0.25) is 14.4 Å². The fourth-order valence-electron chi connectivity index (χ4n) is 7.56. The zero-order valence-electron chi connectivity index (χ0n) is 37.9. The molecule has 0 aliphatic heterocycles. The molecule has 0 heterocycles. The number of carbonyl (C=O) groups excluding carboxylic acids is 3. The predicted molar refractivity (Wildman–Crippen MR) is 238 cm³/mol. The Kier molecular flexibility index (Phi) is 44.8. The molecule has 0 N–H and O–H groups in total. The fraction of sp³-hybridized carbons (Fsp3) is 0.940. The van der Waals surface area contributed by atoms with Crippen LogP contribution >= 0.6 is 0 Å². The van der Waals surface area contributed by atoms with Crippen LogP contribution in [-0.2, 0) is 28.6 Å². The van der Waals surface area contributed by atoms with E-state index in [0.29, 0.717) is 19.3 Å².